The third-order valence-corrected chi connectivity index (χ3v) is 5.30. The molecule has 0 saturated carbocycles. The van der Waals surface area contributed by atoms with Crippen LogP contribution in [-0.4, -0.2) is 14.6 Å². The van der Waals surface area contributed by atoms with Gasteiger partial charge in [0.25, 0.3) is 5.56 Å². The highest BCUT2D eigenvalue weighted by molar-refractivity contribution is 9.10. The summed E-state index contributed by atoms with van der Waals surface area (Å²) in [6, 6.07) is 16.0. The topological polar surface area (TPSA) is 47.3 Å². The van der Waals surface area contributed by atoms with E-state index in [1.165, 1.54) is 21.4 Å². The molecule has 0 saturated heterocycles. The molecule has 0 spiro atoms. The van der Waals surface area contributed by atoms with E-state index in [-0.39, 0.29) is 5.56 Å². The molecule has 2 heterocycles. The summed E-state index contributed by atoms with van der Waals surface area (Å²) >= 11 is 4.78. The lowest BCUT2D eigenvalue weighted by molar-refractivity contribution is 0.925. The van der Waals surface area contributed by atoms with E-state index in [2.05, 4.69) is 45.1 Å². The number of nitrogens with zero attached hydrogens (tertiary/aromatic N) is 3. The van der Waals surface area contributed by atoms with E-state index in [0.717, 1.165) is 15.6 Å². The number of fused-ring (bicyclic) bond motifs is 1. The van der Waals surface area contributed by atoms with Gasteiger partial charge in [0, 0.05) is 4.47 Å². The molecule has 0 unspecified atom stereocenters. The maximum atomic E-state index is 12.5. The molecule has 0 bridgehead atoms. The first kappa shape index (κ1) is 16.9. The van der Waals surface area contributed by atoms with Crippen LogP contribution in [0.25, 0.3) is 23.2 Å². The molecule has 0 aliphatic heterocycles. The van der Waals surface area contributed by atoms with E-state index in [4.69, 9.17) is 0 Å². The molecule has 4 aromatic rings. The molecule has 128 valence electrons. The molecule has 0 atom stereocenters. The van der Waals surface area contributed by atoms with E-state index in [1.807, 2.05) is 54.6 Å². The second kappa shape index (κ2) is 6.97. The lowest BCUT2D eigenvalue weighted by Crippen LogP contribution is -2.23. The Morgan fingerprint density at radius 1 is 1.08 bits per heavy atom. The Bertz CT molecular complexity index is 1220. The van der Waals surface area contributed by atoms with Crippen LogP contribution in [0.4, 0.5) is 0 Å². The van der Waals surface area contributed by atoms with Crippen molar-refractivity contribution in [2.24, 2.45) is 0 Å². The maximum absolute atomic E-state index is 12.5. The number of hydrogen-bond donors (Lipinski definition) is 0. The summed E-state index contributed by atoms with van der Waals surface area (Å²) in [7, 11) is 0. The van der Waals surface area contributed by atoms with Crippen molar-refractivity contribution in [3.8, 4) is 0 Å². The lowest BCUT2D eigenvalue weighted by Gasteiger charge is -1.93. The van der Waals surface area contributed by atoms with E-state index in [9.17, 15) is 4.79 Å². The molecule has 0 fully saturated rings. The van der Waals surface area contributed by atoms with Gasteiger partial charge in [0.15, 0.2) is 5.82 Å². The SMILES string of the molecule is Cc1ccc(/C=C/c2nc3s/c(=C\c4cccc(Br)c4)c(=O)n3n2)cc1. The number of aryl methyl sites for hydroxylation is 1. The zero-order valence-corrected chi connectivity index (χ0v) is 16.3. The average Bonchev–Trinajstić information content (AvgIpc) is 3.14. The van der Waals surface area contributed by atoms with Crippen LogP contribution in [0.5, 0.6) is 0 Å². The highest BCUT2D eigenvalue weighted by Gasteiger charge is 2.08. The van der Waals surface area contributed by atoms with Crippen molar-refractivity contribution in [1.29, 1.82) is 0 Å². The number of hydrogen-bond acceptors (Lipinski definition) is 4. The Balaban J connectivity index is 1.67. The molecule has 2 aromatic carbocycles. The van der Waals surface area contributed by atoms with Gasteiger partial charge in [-0.1, -0.05) is 75.3 Å². The van der Waals surface area contributed by atoms with E-state index in [0.29, 0.717) is 15.3 Å². The second-order valence-corrected chi connectivity index (χ2v) is 7.80. The number of aromatic nitrogens is 3. The summed E-state index contributed by atoms with van der Waals surface area (Å²) in [6.07, 6.45) is 5.62. The zero-order valence-electron chi connectivity index (χ0n) is 13.9. The van der Waals surface area contributed by atoms with Crippen LogP contribution in [0.3, 0.4) is 0 Å². The van der Waals surface area contributed by atoms with Gasteiger partial charge in [-0.3, -0.25) is 4.79 Å². The Labute approximate surface area is 162 Å². The molecule has 2 aromatic heterocycles. The molecule has 0 N–H and O–H groups in total. The van der Waals surface area contributed by atoms with Crippen molar-refractivity contribution in [2.45, 2.75) is 6.92 Å². The van der Waals surface area contributed by atoms with E-state index in [1.54, 1.807) is 0 Å². The van der Waals surface area contributed by atoms with Crippen LogP contribution in [0.15, 0.2) is 57.8 Å². The van der Waals surface area contributed by atoms with Crippen molar-refractivity contribution < 1.29 is 0 Å². The first-order valence-electron chi connectivity index (χ1n) is 8.00. The van der Waals surface area contributed by atoms with Crippen LogP contribution in [-0.2, 0) is 0 Å². The van der Waals surface area contributed by atoms with E-state index < -0.39 is 0 Å². The van der Waals surface area contributed by atoms with Gasteiger partial charge in [0.1, 0.15) is 0 Å². The molecule has 6 heteroatoms. The minimum absolute atomic E-state index is 0.146. The van der Waals surface area contributed by atoms with Crippen LogP contribution in [0.2, 0.25) is 0 Å². The van der Waals surface area contributed by atoms with Gasteiger partial charge in [-0.2, -0.15) is 9.50 Å². The average molecular weight is 424 g/mol. The third kappa shape index (κ3) is 3.52. The van der Waals surface area contributed by atoms with Gasteiger partial charge in [-0.15, -0.1) is 5.10 Å². The molecule has 4 nitrogen and oxygen atoms in total. The largest absolute Gasteiger partial charge is 0.291 e. The summed E-state index contributed by atoms with van der Waals surface area (Å²) in [4.78, 5) is 17.6. The van der Waals surface area contributed by atoms with Crippen molar-refractivity contribution in [2.75, 3.05) is 0 Å². The van der Waals surface area contributed by atoms with E-state index >= 15 is 0 Å². The van der Waals surface area contributed by atoms with Crippen LogP contribution in [0, 0.1) is 6.92 Å². The molecule has 26 heavy (non-hydrogen) atoms. The van der Waals surface area contributed by atoms with Gasteiger partial charge in [0.05, 0.1) is 4.53 Å². The fourth-order valence-corrected chi connectivity index (χ4v) is 3.85. The molecule has 4 rings (SSSR count). The van der Waals surface area contributed by atoms with Crippen LogP contribution >= 0.6 is 27.3 Å². The lowest BCUT2D eigenvalue weighted by atomic mass is 10.1. The summed E-state index contributed by atoms with van der Waals surface area (Å²) in [5, 5.41) is 4.31. The normalized spacial score (nSPS) is 12.5. The second-order valence-electron chi connectivity index (χ2n) is 5.88. The van der Waals surface area contributed by atoms with Crippen molar-refractivity contribution in [3.63, 3.8) is 0 Å². The molecule has 0 aliphatic rings. The number of rotatable bonds is 3. The minimum Gasteiger partial charge on any atom is -0.266 e. The highest BCUT2D eigenvalue weighted by Crippen LogP contribution is 2.13. The summed E-state index contributed by atoms with van der Waals surface area (Å²) in [5.41, 5.74) is 3.10. The molecule has 0 amide bonds. The van der Waals surface area contributed by atoms with Crippen LogP contribution < -0.4 is 10.1 Å². The van der Waals surface area contributed by atoms with Gasteiger partial charge < -0.3 is 0 Å². The minimum atomic E-state index is -0.146. The third-order valence-electron chi connectivity index (χ3n) is 3.85. The molecular formula is C20H14BrN3OS. The Morgan fingerprint density at radius 3 is 2.62 bits per heavy atom. The predicted octanol–water partition coefficient (Wildman–Crippen LogP) is 3.94. The number of thiazole rings is 1. The molecular weight excluding hydrogens is 410 g/mol. The summed E-state index contributed by atoms with van der Waals surface area (Å²) in [6.45, 7) is 2.05. The number of benzene rings is 2. The van der Waals surface area contributed by atoms with Crippen molar-refractivity contribution >= 4 is 50.5 Å². The van der Waals surface area contributed by atoms with Crippen LogP contribution in [0.1, 0.15) is 22.5 Å². The fourth-order valence-electron chi connectivity index (χ4n) is 2.52. The Hall–Kier alpha value is -2.57. The van der Waals surface area contributed by atoms with Gasteiger partial charge in [-0.25, -0.2) is 0 Å². The monoisotopic (exact) mass is 423 g/mol. The zero-order chi connectivity index (χ0) is 18.1. The van der Waals surface area contributed by atoms with Gasteiger partial charge >= 0.3 is 0 Å². The smallest absolute Gasteiger partial charge is 0.266 e. The predicted molar refractivity (Wildman–Crippen MR) is 110 cm³/mol. The quantitative estimate of drug-likeness (QED) is 0.501. The molecule has 0 aliphatic carbocycles. The fraction of sp³-hybridized carbons (Fsp3) is 0.0500. The Morgan fingerprint density at radius 2 is 1.88 bits per heavy atom. The summed E-state index contributed by atoms with van der Waals surface area (Å²) < 4.78 is 2.96. The van der Waals surface area contributed by atoms with Gasteiger partial charge in [0.2, 0.25) is 4.96 Å². The van der Waals surface area contributed by atoms with Gasteiger partial charge in [-0.05, 0) is 42.3 Å². The van der Waals surface area contributed by atoms with Crippen molar-refractivity contribution in [1.82, 2.24) is 14.6 Å². The maximum Gasteiger partial charge on any atom is 0.291 e. The molecule has 0 radical (unpaired) electrons. The summed E-state index contributed by atoms with van der Waals surface area (Å²) in [5.74, 6) is 0.530. The van der Waals surface area contributed by atoms with Crippen molar-refractivity contribution in [3.05, 3.63) is 90.4 Å². The number of halogens is 1. The Kier molecular flexibility index (Phi) is 4.53. The standard InChI is InChI=1S/C20H14BrN3OS/c1-13-5-7-14(8-6-13)9-10-18-22-20-24(23-18)19(25)17(26-20)12-15-3-2-4-16(21)11-15/h2-12H,1H3/b10-9+,17-12-. The first-order chi connectivity index (χ1) is 12.6. The first-order valence-corrected chi connectivity index (χ1v) is 9.61. The highest BCUT2D eigenvalue weighted by atomic mass is 79.9.